The molecule has 1 rings (SSSR count). The lowest BCUT2D eigenvalue weighted by Crippen LogP contribution is -2.60. The number of rotatable bonds is 50. The Balaban J connectivity index is 2.34. The molecule has 0 aromatic carbocycles. The highest BCUT2D eigenvalue weighted by atomic mass is 16.7. The summed E-state index contributed by atoms with van der Waals surface area (Å²) in [6, 6.07) is -1.19. The number of amides is 1. The van der Waals surface area contributed by atoms with Gasteiger partial charge < -0.3 is 50.5 Å². The van der Waals surface area contributed by atoms with Crippen LogP contribution in [0.5, 0.6) is 0 Å². The molecular weight excluding hydrogens is 871 g/mol. The molecule has 1 fully saturated rings. The van der Waals surface area contributed by atoms with Gasteiger partial charge in [-0.15, -0.1) is 0 Å². The van der Waals surface area contributed by atoms with Crippen LogP contribution in [0, 0.1) is 0 Å². The summed E-state index contributed by atoms with van der Waals surface area (Å²) in [6.45, 7) is 3.47. The third-order valence-electron chi connectivity index (χ3n) is 14.2. The minimum atomic E-state index is -1.67. The second kappa shape index (κ2) is 47.6. The predicted molar refractivity (Wildman–Crippen MR) is 284 cm³/mol. The fourth-order valence-electron chi connectivity index (χ4n) is 9.46. The van der Waals surface area contributed by atoms with Gasteiger partial charge in [0.25, 0.3) is 0 Å². The molecule has 408 valence electrons. The Morgan fingerprint density at radius 1 is 0.493 bits per heavy atom. The van der Waals surface area contributed by atoms with E-state index in [-0.39, 0.29) is 12.8 Å². The van der Waals surface area contributed by atoms with Gasteiger partial charge in [0, 0.05) is 0 Å². The molecule has 11 nitrogen and oxygen atoms in total. The highest BCUT2D eigenvalue weighted by molar-refractivity contribution is 5.80. The molecule has 0 aliphatic carbocycles. The number of carbonyl (C=O) groups is 1. The lowest BCUT2D eigenvalue weighted by Gasteiger charge is -2.40. The molecule has 11 heteroatoms. The van der Waals surface area contributed by atoms with Gasteiger partial charge in [-0.2, -0.15) is 0 Å². The first kappa shape index (κ1) is 65.6. The number of ether oxygens (including phenoxy) is 2. The average molecular weight is 983 g/mol. The van der Waals surface area contributed by atoms with Crippen molar-refractivity contribution in [2.24, 2.45) is 0 Å². The van der Waals surface area contributed by atoms with Gasteiger partial charge in [-0.25, -0.2) is 0 Å². The Morgan fingerprint density at radius 3 is 1.29 bits per heavy atom. The van der Waals surface area contributed by atoms with Crippen molar-refractivity contribution in [1.29, 1.82) is 0 Å². The molecule has 0 bridgehead atoms. The zero-order chi connectivity index (χ0) is 50.4. The van der Waals surface area contributed by atoms with Crippen molar-refractivity contribution < 1.29 is 50.0 Å². The van der Waals surface area contributed by atoms with Gasteiger partial charge >= 0.3 is 0 Å². The second-order valence-corrected chi connectivity index (χ2v) is 20.7. The van der Waals surface area contributed by atoms with Gasteiger partial charge in [0.1, 0.15) is 36.6 Å². The Kier molecular flexibility index (Phi) is 45.2. The first-order chi connectivity index (χ1) is 33.7. The van der Waals surface area contributed by atoms with Crippen molar-refractivity contribution in [3.8, 4) is 0 Å². The Hall–Kier alpha value is -1.41. The highest BCUT2D eigenvalue weighted by Crippen LogP contribution is 2.23. The fraction of sp³-hybridized carbons (Fsp3) is 0.914. The number of allylic oxidation sites excluding steroid dienone is 4. The normalized spacial score (nSPS) is 20.5. The quantitative estimate of drug-likeness (QED) is 0.0215. The lowest BCUT2D eigenvalue weighted by molar-refractivity contribution is -0.303. The van der Waals surface area contributed by atoms with Crippen molar-refractivity contribution in [3.63, 3.8) is 0 Å². The van der Waals surface area contributed by atoms with E-state index in [1.807, 2.05) is 0 Å². The average Bonchev–Trinajstić information content (AvgIpc) is 3.35. The first-order valence-electron chi connectivity index (χ1n) is 29.2. The Bertz CT molecular complexity index is 1170. The van der Waals surface area contributed by atoms with Crippen molar-refractivity contribution in [2.75, 3.05) is 13.2 Å². The van der Waals surface area contributed by atoms with Crippen LogP contribution in [-0.4, -0.2) is 110 Å². The van der Waals surface area contributed by atoms with Gasteiger partial charge in [-0.05, 0) is 51.4 Å². The van der Waals surface area contributed by atoms with Crippen LogP contribution >= 0.6 is 0 Å². The molecule has 1 saturated heterocycles. The molecule has 8 N–H and O–H groups in total. The molecule has 9 unspecified atom stereocenters. The van der Waals surface area contributed by atoms with Crippen LogP contribution in [0.4, 0.5) is 0 Å². The third kappa shape index (κ3) is 36.2. The molecule has 0 saturated carbocycles. The summed E-state index contributed by atoms with van der Waals surface area (Å²) in [6.07, 6.45) is 45.2. The van der Waals surface area contributed by atoms with Crippen LogP contribution in [0.3, 0.4) is 0 Å². The van der Waals surface area contributed by atoms with E-state index >= 15 is 0 Å². The molecular formula is C58H111NO10. The summed E-state index contributed by atoms with van der Waals surface area (Å²) in [7, 11) is 0. The van der Waals surface area contributed by atoms with Gasteiger partial charge in [0.05, 0.1) is 25.4 Å². The number of carbonyl (C=O) groups excluding carboxylic acids is 1. The van der Waals surface area contributed by atoms with Crippen LogP contribution in [0.15, 0.2) is 24.3 Å². The molecule has 1 heterocycles. The maximum absolute atomic E-state index is 13.2. The first-order valence-corrected chi connectivity index (χ1v) is 29.2. The summed E-state index contributed by atoms with van der Waals surface area (Å²) in [5, 5.41) is 76.1. The predicted octanol–water partition coefficient (Wildman–Crippen LogP) is 12.1. The van der Waals surface area contributed by atoms with Crippen molar-refractivity contribution in [1.82, 2.24) is 5.32 Å². The third-order valence-corrected chi connectivity index (χ3v) is 14.2. The smallest absolute Gasteiger partial charge is 0.249 e. The van der Waals surface area contributed by atoms with Crippen molar-refractivity contribution in [2.45, 2.75) is 326 Å². The molecule has 0 radical (unpaired) electrons. The summed E-state index contributed by atoms with van der Waals surface area (Å²) >= 11 is 0. The molecule has 1 aliphatic heterocycles. The van der Waals surface area contributed by atoms with Gasteiger partial charge in [-0.3, -0.25) is 4.79 Å². The summed E-state index contributed by atoms with van der Waals surface area (Å²) < 4.78 is 11.1. The molecule has 0 aromatic rings. The Morgan fingerprint density at radius 2 is 0.870 bits per heavy atom. The van der Waals surface area contributed by atoms with E-state index in [9.17, 15) is 40.5 Å². The number of nitrogens with one attached hydrogen (secondary N) is 1. The van der Waals surface area contributed by atoms with E-state index in [2.05, 4.69) is 43.5 Å². The van der Waals surface area contributed by atoms with E-state index in [1.54, 1.807) is 0 Å². The van der Waals surface area contributed by atoms with Crippen LogP contribution in [0.2, 0.25) is 0 Å². The zero-order valence-electron chi connectivity index (χ0n) is 44.6. The molecule has 9 atom stereocenters. The standard InChI is InChI=1S/C58H111NO10/c1-3-5-7-9-11-13-15-17-19-21-23-25-27-29-31-33-35-37-39-41-43-45-50(61)53(63)49(48-68-58-56(66)55(65)54(64)52(47-60)69-58)59-57(67)51(62)46-44-42-40-38-36-34-32-30-28-26-24-22-20-18-16-14-12-10-8-6-4-2/h29,31,37,39,49-56,58,60-66H,3-28,30,32-36,38,40-48H2,1-2H3,(H,59,67)/b31-29+,39-37+. The van der Waals surface area contributed by atoms with Crippen LogP contribution in [0.1, 0.15) is 271 Å². The minimum absolute atomic E-state index is 0.249. The van der Waals surface area contributed by atoms with Gasteiger partial charge in [0.15, 0.2) is 6.29 Å². The van der Waals surface area contributed by atoms with Crippen molar-refractivity contribution in [3.05, 3.63) is 24.3 Å². The summed E-state index contributed by atoms with van der Waals surface area (Å²) in [4.78, 5) is 13.2. The molecule has 0 spiro atoms. The van der Waals surface area contributed by atoms with E-state index in [0.29, 0.717) is 19.3 Å². The number of aliphatic hydroxyl groups is 7. The zero-order valence-corrected chi connectivity index (χ0v) is 44.6. The van der Waals surface area contributed by atoms with Crippen LogP contribution < -0.4 is 5.32 Å². The number of hydrogen-bond acceptors (Lipinski definition) is 10. The Labute approximate surface area is 423 Å². The monoisotopic (exact) mass is 982 g/mol. The fourth-order valence-corrected chi connectivity index (χ4v) is 9.46. The maximum atomic E-state index is 13.2. The SMILES string of the molecule is CCCCCCCCCCCCCC/C=C/CC/C=C/CCCC(O)C(O)C(COC1OC(CO)C(O)C(O)C1O)NC(=O)C(O)CCCCCCCCCCCCCCCCCCCCCCC. The van der Waals surface area contributed by atoms with Gasteiger partial charge in [0.2, 0.25) is 5.91 Å². The van der Waals surface area contributed by atoms with Crippen LogP contribution in [-0.2, 0) is 14.3 Å². The number of hydrogen-bond donors (Lipinski definition) is 8. The second-order valence-electron chi connectivity index (χ2n) is 20.7. The minimum Gasteiger partial charge on any atom is -0.394 e. The molecule has 1 amide bonds. The van der Waals surface area contributed by atoms with Gasteiger partial charge in [-0.1, -0.05) is 244 Å². The number of aliphatic hydroxyl groups excluding tert-OH is 7. The molecule has 1 aliphatic rings. The largest absolute Gasteiger partial charge is 0.394 e. The lowest BCUT2D eigenvalue weighted by atomic mass is 9.98. The maximum Gasteiger partial charge on any atom is 0.249 e. The summed E-state index contributed by atoms with van der Waals surface area (Å²) in [5.41, 5.74) is 0. The van der Waals surface area contributed by atoms with E-state index in [4.69, 9.17) is 9.47 Å². The van der Waals surface area contributed by atoms with E-state index < -0.39 is 74.2 Å². The van der Waals surface area contributed by atoms with E-state index in [0.717, 1.165) is 38.5 Å². The highest BCUT2D eigenvalue weighted by Gasteiger charge is 2.44. The van der Waals surface area contributed by atoms with E-state index in [1.165, 1.54) is 186 Å². The van der Waals surface area contributed by atoms with Crippen LogP contribution in [0.25, 0.3) is 0 Å². The van der Waals surface area contributed by atoms with Crippen molar-refractivity contribution >= 4 is 5.91 Å². The molecule has 0 aromatic heterocycles. The topological polar surface area (TPSA) is 189 Å². The summed E-state index contributed by atoms with van der Waals surface area (Å²) in [5.74, 6) is -0.706. The number of unbranched alkanes of at least 4 members (excludes halogenated alkanes) is 34. The molecule has 69 heavy (non-hydrogen) atoms.